The van der Waals surface area contributed by atoms with E-state index >= 15 is 0 Å². The molecule has 0 saturated carbocycles. The van der Waals surface area contributed by atoms with E-state index in [1.54, 1.807) is 12.1 Å². The van der Waals surface area contributed by atoms with Crippen molar-refractivity contribution in [3.05, 3.63) is 29.6 Å². The minimum atomic E-state index is -0.147. The second-order valence-corrected chi connectivity index (χ2v) is 5.93. The van der Waals surface area contributed by atoms with Crippen LogP contribution < -0.4 is 10.2 Å². The van der Waals surface area contributed by atoms with E-state index in [1.165, 1.54) is 31.4 Å². The van der Waals surface area contributed by atoms with Gasteiger partial charge >= 0.3 is 0 Å². The minimum Gasteiger partial charge on any atom is -0.371 e. The fraction of sp³-hybridized carbons (Fsp3) is 0.647. The number of nitrogens with one attached hydrogen (secondary N) is 1. The van der Waals surface area contributed by atoms with Gasteiger partial charge in [0.05, 0.1) is 0 Å². The Labute approximate surface area is 122 Å². The largest absolute Gasteiger partial charge is 0.371 e. The van der Waals surface area contributed by atoms with Crippen molar-refractivity contribution in [3.63, 3.8) is 0 Å². The molecule has 1 saturated heterocycles. The van der Waals surface area contributed by atoms with Crippen molar-refractivity contribution in [2.75, 3.05) is 25.0 Å². The lowest BCUT2D eigenvalue weighted by molar-refractivity contribution is 0.377. The van der Waals surface area contributed by atoms with E-state index in [9.17, 15) is 4.39 Å². The molecular formula is C17H27FN2. The highest BCUT2D eigenvalue weighted by atomic mass is 19.1. The third-order valence-electron chi connectivity index (χ3n) is 4.54. The Balaban J connectivity index is 2.13. The van der Waals surface area contributed by atoms with Gasteiger partial charge in [0, 0.05) is 24.8 Å². The topological polar surface area (TPSA) is 15.3 Å². The molecule has 0 radical (unpaired) electrons. The predicted octanol–water partition coefficient (Wildman–Crippen LogP) is 4.12. The first-order valence-corrected chi connectivity index (χ1v) is 7.87. The molecule has 1 aromatic carbocycles. The van der Waals surface area contributed by atoms with Crippen molar-refractivity contribution < 1.29 is 4.39 Å². The second kappa shape index (κ2) is 7.07. The average molecular weight is 278 g/mol. The monoisotopic (exact) mass is 278 g/mol. The summed E-state index contributed by atoms with van der Waals surface area (Å²) in [5.74, 6) is 0.730. The van der Waals surface area contributed by atoms with Gasteiger partial charge in [-0.05, 0) is 56.5 Å². The Hall–Kier alpha value is -1.09. The van der Waals surface area contributed by atoms with E-state index in [2.05, 4.69) is 24.1 Å². The normalized spacial score (nSPS) is 18.3. The number of piperidine rings is 1. The molecule has 1 aromatic rings. The van der Waals surface area contributed by atoms with Gasteiger partial charge in [0.1, 0.15) is 5.82 Å². The molecule has 0 aliphatic carbocycles. The Morgan fingerprint density at radius 2 is 2.05 bits per heavy atom. The molecule has 0 spiro atoms. The summed E-state index contributed by atoms with van der Waals surface area (Å²) in [6, 6.07) is 5.38. The van der Waals surface area contributed by atoms with Gasteiger partial charge in [-0.3, -0.25) is 0 Å². The van der Waals surface area contributed by atoms with E-state index in [0.717, 1.165) is 24.6 Å². The number of halogens is 1. The van der Waals surface area contributed by atoms with Crippen LogP contribution in [0.2, 0.25) is 0 Å². The van der Waals surface area contributed by atoms with Crippen LogP contribution >= 0.6 is 0 Å². The lowest BCUT2D eigenvalue weighted by Gasteiger charge is -2.35. The molecule has 1 heterocycles. The number of anilines is 1. The van der Waals surface area contributed by atoms with Gasteiger partial charge in [0.2, 0.25) is 0 Å². The van der Waals surface area contributed by atoms with E-state index in [1.807, 2.05) is 13.1 Å². The SMILES string of the molecule is CCCC1CCN(c2ccc(F)cc2C(C)NC)CC1. The molecule has 1 aliphatic heterocycles. The zero-order chi connectivity index (χ0) is 14.5. The fourth-order valence-electron chi connectivity index (χ4n) is 3.19. The molecule has 1 N–H and O–H groups in total. The van der Waals surface area contributed by atoms with E-state index in [4.69, 9.17) is 0 Å². The second-order valence-electron chi connectivity index (χ2n) is 5.93. The molecule has 1 fully saturated rings. The summed E-state index contributed by atoms with van der Waals surface area (Å²) in [6.45, 7) is 6.54. The highest BCUT2D eigenvalue weighted by Gasteiger charge is 2.22. The molecule has 3 heteroatoms. The highest BCUT2D eigenvalue weighted by molar-refractivity contribution is 5.55. The van der Waals surface area contributed by atoms with E-state index in [0.29, 0.717) is 0 Å². The number of rotatable bonds is 5. The molecule has 0 aromatic heterocycles. The predicted molar refractivity (Wildman–Crippen MR) is 83.7 cm³/mol. The summed E-state index contributed by atoms with van der Waals surface area (Å²) in [7, 11) is 1.92. The van der Waals surface area contributed by atoms with Crippen LogP contribution in [0.15, 0.2) is 18.2 Å². The molecule has 1 atom stereocenters. The minimum absolute atomic E-state index is 0.147. The molecule has 0 amide bonds. The zero-order valence-electron chi connectivity index (χ0n) is 13.0. The first-order valence-electron chi connectivity index (χ1n) is 7.87. The van der Waals surface area contributed by atoms with Crippen molar-refractivity contribution in [2.45, 2.75) is 45.6 Å². The van der Waals surface area contributed by atoms with E-state index in [-0.39, 0.29) is 11.9 Å². The number of nitrogens with zero attached hydrogens (tertiary/aromatic N) is 1. The standard InChI is InChI=1S/C17H27FN2/c1-4-5-14-8-10-20(11-9-14)17-7-6-15(18)12-16(17)13(2)19-3/h6-7,12-14,19H,4-5,8-11H2,1-3H3. The summed E-state index contributed by atoms with van der Waals surface area (Å²) in [4.78, 5) is 2.43. The molecule has 2 nitrogen and oxygen atoms in total. The Bertz CT molecular complexity index is 425. The van der Waals surface area contributed by atoms with Crippen LogP contribution in [0.5, 0.6) is 0 Å². The van der Waals surface area contributed by atoms with Gasteiger partial charge in [-0.2, -0.15) is 0 Å². The summed E-state index contributed by atoms with van der Waals surface area (Å²) in [5, 5.41) is 3.22. The maximum atomic E-state index is 13.5. The van der Waals surface area contributed by atoms with Crippen LogP contribution in [0.4, 0.5) is 10.1 Å². The molecular weight excluding hydrogens is 251 g/mol. The first kappa shape index (κ1) is 15.3. The van der Waals surface area contributed by atoms with Gasteiger partial charge < -0.3 is 10.2 Å². The van der Waals surface area contributed by atoms with Gasteiger partial charge in [0.15, 0.2) is 0 Å². The highest BCUT2D eigenvalue weighted by Crippen LogP contribution is 2.31. The lowest BCUT2D eigenvalue weighted by atomic mass is 9.91. The zero-order valence-corrected chi connectivity index (χ0v) is 13.0. The summed E-state index contributed by atoms with van der Waals surface area (Å²) in [6.07, 6.45) is 5.15. The van der Waals surface area contributed by atoms with Crippen molar-refractivity contribution in [2.24, 2.45) is 5.92 Å². The fourth-order valence-corrected chi connectivity index (χ4v) is 3.19. The van der Waals surface area contributed by atoms with Crippen molar-refractivity contribution in [1.82, 2.24) is 5.32 Å². The molecule has 2 rings (SSSR count). The van der Waals surface area contributed by atoms with Crippen LogP contribution in [0.3, 0.4) is 0 Å². The molecule has 112 valence electrons. The van der Waals surface area contributed by atoms with Crippen molar-refractivity contribution in [3.8, 4) is 0 Å². The smallest absolute Gasteiger partial charge is 0.123 e. The van der Waals surface area contributed by atoms with Gasteiger partial charge in [-0.15, -0.1) is 0 Å². The molecule has 20 heavy (non-hydrogen) atoms. The molecule has 1 unspecified atom stereocenters. The Morgan fingerprint density at radius 3 is 2.65 bits per heavy atom. The Morgan fingerprint density at radius 1 is 1.35 bits per heavy atom. The number of benzene rings is 1. The quantitative estimate of drug-likeness (QED) is 0.871. The maximum absolute atomic E-state index is 13.5. The van der Waals surface area contributed by atoms with E-state index < -0.39 is 0 Å². The molecule has 0 bridgehead atoms. The van der Waals surface area contributed by atoms with Crippen LogP contribution in [-0.4, -0.2) is 20.1 Å². The number of hydrogen-bond donors (Lipinski definition) is 1. The molecule has 1 aliphatic rings. The summed E-state index contributed by atoms with van der Waals surface area (Å²) in [5.41, 5.74) is 2.27. The van der Waals surface area contributed by atoms with Crippen molar-refractivity contribution >= 4 is 5.69 Å². The third kappa shape index (κ3) is 3.51. The van der Waals surface area contributed by atoms with Crippen LogP contribution in [0.1, 0.15) is 51.1 Å². The van der Waals surface area contributed by atoms with Gasteiger partial charge in [-0.1, -0.05) is 19.8 Å². The van der Waals surface area contributed by atoms with Crippen LogP contribution in [0.25, 0.3) is 0 Å². The van der Waals surface area contributed by atoms with Gasteiger partial charge in [0.25, 0.3) is 0 Å². The van der Waals surface area contributed by atoms with Crippen LogP contribution in [-0.2, 0) is 0 Å². The first-order chi connectivity index (χ1) is 9.65. The average Bonchev–Trinajstić information content (AvgIpc) is 2.47. The third-order valence-corrected chi connectivity index (χ3v) is 4.54. The lowest BCUT2D eigenvalue weighted by Crippen LogP contribution is -2.34. The maximum Gasteiger partial charge on any atom is 0.123 e. The van der Waals surface area contributed by atoms with Crippen LogP contribution in [0, 0.1) is 11.7 Å². The summed E-state index contributed by atoms with van der Waals surface area (Å²) >= 11 is 0. The number of hydrogen-bond acceptors (Lipinski definition) is 2. The van der Waals surface area contributed by atoms with Gasteiger partial charge in [-0.25, -0.2) is 4.39 Å². The summed E-state index contributed by atoms with van der Waals surface area (Å²) < 4.78 is 13.5. The Kier molecular flexibility index (Phi) is 5.41. The van der Waals surface area contributed by atoms with Crippen molar-refractivity contribution in [1.29, 1.82) is 0 Å².